The van der Waals surface area contributed by atoms with Gasteiger partial charge in [-0.25, -0.2) is 4.58 Å². The van der Waals surface area contributed by atoms with Gasteiger partial charge in [0.1, 0.15) is 0 Å². The number of hydrogen-bond acceptors (Lipinski definition) is 5. The van der Waals surface area contributed by atoms with Gasteiger partial charge in [0.2, 0.25) is 6.34 Å². The highest BCUT2D eigenvalue weighted by Crippen LogP contribution is 2.24. The highest BCUT2D eigenvalue weighted by atomic mass is 16.2. The molecule has 0 saturated heterocycles. The van der Waals surface area contributed by atoms with Gasteiger partial charge < -0.3 is 10.8 Å². The number of H-pyrrole nitrogens is 1. The zero-order valence-corrected chi connectivity index (χ0v) is 8.29. The molecule has 0 aliphatic carbocycles. The van der Waals surface area contributed by atoms with Crippen molar-refractivity contribution in [2.24, 2.45) is 4.99 Å². The van der Waals surface area contributed by atoms with E-state index in [0.717, 1.165) is 0 Å². The molecular weight excluding hydrogens is 210 g/mol. The average Bonchev–Trinajstić information content (AvgIpc) is 2.62. The number of hydrogen-bond donors (Lipinski definition) is 3. The third-order valence-corrected chi connectivity index (χ3v) is 1.94. The zero-order chi connectivity index (χ0) is 11.5. The summed E-state index contributed by atoms with van der Waals surface area (Å²) in [6, 6.07) is 0. The van der Waals surface area contributed by atoms with Gasteiger partial charge in [0.05, 0.1) is 12.8 Å². The van der Waals surface area contributed by atoms with E-state index in [0.29, 0.717) is 5.82 Å². The number of aromatic nitrogens is 2. The number of nitrogens with zero attached hydrogens (tertiary/aromatic N) is 3. The van der Waals surface area contributed by atoms with Crippen LogP contribution < -0.4 is 11.3 Å². The van der Waals surface area contributed by atoms with Crippen LogP contribution in [0.15, 0.2) is 21.9 Å². The Balaban J connectivity index is 2.47. The lowest BCUT2D eigenvalue weighted by Crippen LogP contribution is -2.12. The molecule has 2 heterocycles. The van der Waals surface area contributed by atoms with Crippen molar-refractivity contribution < 1.29 is 9.68 Å². The Kier molecular flexibility index (Phi) is 2.61. The number of aromatic amines is 1. The van der Waals surface area contributed by atoms with Gasteiger partial charge in [-0.2, -0.15) is 0 Å². The number of nitrogen functional groups attached to an aromatic ring is 1. The first-order chi connectivity index (χ1) is 7.72. The summed E-state index contributed by atoms with van der Waals surface area (Å²) in [5, 5.41) is 8.57. The third kappa shape index (κ3) is 1.75. The van der Waals surface area contributed by atoms with Crippen molar-refractivity contribution >= 4 is 30.0 Å². The van der Waals surface area contributed by atoms with E-state index in [1.165, 1.54) is 6.34 Å². The van der Waals surface area contributed by atoms with Crippen molar-refractivity contribution in [3.63, 3.8) is 0 Å². The van der Waals surface area contributed by atoms with E-state index < -0.39 is 0 Å². The number of allylic oxidation sites excluding steroid dienone is 1. The van der Waals surface area contributed by atoms with E-state index in [9.17, 15) is 4.79 Å². The standard InChI is InChI=1S/C9H9N5O2/c10-9-12-7-6(8(16)13-9)11-5-14(7)3-1-2-4-15/h1-3,5,15H,4H2,(H2-,10,12,13,16)/p+1/b2-1?,14-3-. The number of aliphatic imine (C=N–C) groups is 1. The van der Waals surface area contributed by atoms with Crippen LogP contribution in [0, 0.1) is 0 Å². The molecule has 1 aromatic heterocycles. The number of rotatable bonds is 2. The Labute approximate surface area is 90.3 Å². The van der Waals surface area contributed by atoms with Crippen molar-refractivity contribution in [1.29, 1.82) is 0 Å². The molecule has 2 rings (SSSR count). The van der Waals surface area contributed by atoms with Crippen LogP contribution in [-0.4, -0.2) is 38.8 Å². The van der Waals surface area contributed by atoms with Gasteiger partial charge in [-0.05, 0) is 6.08 Å². The van der Waals surface area contributed by atoms with Gasteiger partial charge in [-0.3, -0.25) is 9.78 Å². The number of fused-ring (bicyclic) bond motifs is 1. The molecule has 0 fully saturated rings. The summed E-state index contributed by atoms with van der Waals surface area (Å²) in [5.41, 5.74) is 5.28. The first kappa shape index (κ1) is 10.2. The normalized spacial score (nSPS) is 16.2. The summed E-state index contributed by atoms with van der Waals surface area (Å²) in [7, 11) is 0. The van der Waals surface area contributed by atoms with Crippen molar-refractivity contribution in [1.82, 2.24) is 9.97 Å². The van der Waals surface area contributed by atoms with Crippen LogP contribution in [0.3, 0.4) is 0 Å². The van der Waals surface area contributed by atoms with E-state index in [2.05, 4.69) is 15.0 Å². The molecule has 1 aromatic rings. The highest BCUT2D eigenvalue weighted by molar-refractivity contribution is 5.78. The first-order valence-corrected chi connectivity index (χ1v) is 4.55. The Morgan fingerprint density at radius 1 is 1.62 bits per heavy atom. The Hall–Kier alpha value is -2.28. The van der Waals surface area contributed by atoms with Crippen molar-refractivity contribution in [3.8, 4) is 0 Å². The van der Waals surface area contributed by atoms with Gasteiger partial charge in [-0.15, -0.1) is 0 Å². The van der Waals surface area contributed by atoms with Crippen molar-refractivity contribution in [2.75, 3.05) is 12.3 Å². The monoisotopic (exact) mass is 220 g/mol. The molecule has 0 unspecified atom stereocenters. The zero-order valence-electron chi connectivity index (χ0n) is 8.29. The second-order valence-corrected chi connectivity index (χ2v) is 3.04. The number of nitrogens with two attached hydrogens (primary N) is 1. The van der Waals surface area contributed by atoms with Crippen LogP contribution >= 0.6 is 0 Å². The molecule has 0 atom stereocenters. The number of aliphatic hydroxyl groups excluding tert-OH is 1. The summed E-state index contributed by atoms with van der Waals surface area (Å²) in [4.78, 5) is 21.7. The van der Waals surface area contributed by atoms with E-state index in [4.69, 9.17) is 10.8 Å². The van der Waals surface area contributed by atoms with Crippen LogP contribution in [0.4, 0.5) is 17.5 Å². The van der Waals surface area contributed by atoms with Crippen LogP contribution in [0.25, 0.3) is 0 Å². The maximum atomic E-state index is 11.4. The first-order valence-electron chi connectivity index (χ1n) is 4.55. The van der Waals surface area contributed by atoms with E-state index in [1.54, 1.807) is 22.9 Å². The summed E-state index contributed by atoms with van der Waals surface area (Å²) in [6.07, 6.45) is 6.24. The smallest absolute Gasteiger partial charge is 0.319 e. The minimum Gasteiger partial charge on any atom is -0.392 e. The van der Waals surface area contributed by atoms with Crippen LogP contribution in [0.1, 0.15) is 0 Å². The largest absolute Gasteiger partial charge is 0.392 e. The fraction of sp³-hybridized carbons (Fsp3) is 0.111. The molecule has 0 spiro atoms. The van der Waals surface area contributed by atoms with Crippen LogP contribution in [-0.2, 0) is 0 Å². The predicted octanol–water partition coefficient (Wildman–Crippen LogP) is -0.711. The predicted molar refractivity (Wildman–Crippen MR) is 59.6 cm³/mol. The Morgan fingerprint density at radius 2 is 2.44 bits per heavy atom. The molecule has 0 aromatic carbocycles. The van der Waals surface area contributed by atoms with Crippen molar-refractivity contribution in [3.05, 3.63) is 22.5 Å². The molecule has 1 aliphatic heterocycles. The number of anilines is 1. The molecular formula is C9H10N5O2+. The molecule has 7 nitrogen and oxygen atoms in total. The molecule has 7 heteroatoms. The minimum absolute atomic E-state index is 0.0405. The fourth-order valence-electron chi connectivity index (χ4n) is 1.27. The second kappa shape index (κ2) is 4.07. The molecule has 1 aliphatic rings. The van der Waals surface area contributed by atoms with Gasteiger partial charge in [0.25, 0.3) is 11.6 Å². The van der Waals surface area contributed by atoms with E-state index >= 15 is 0 Å². The summed E-state index contributed by atoms with van der Waals surface area (Å²) >= 11 is 0. The lowest BCUT2D eigenvalue weighted by molar-refractivity contribution is -0.287. The topological polar surface area (TPSA) is 107 Å². The van der Waals surface area contributed by atoms with E-state index in [-0.39, 0.29) is 23.8 Å². The van der Waals surface area contributed by atoms with Crippen LogP contribution in [0.5, 0.6) is 0 Å². The highest BCUT2D eigenvalue weighted by Gasteiger charge is 2.25. The summed E-state index contributed by atoms with van der Waals surface area (Å²) < 4.78 is 1.55. The molecule has 16 heavy (non-hydrogen) atoms. The van der Waals surface area contributed by atoms with Crippen LogP contribution in [0.2, 0.25) is 0 Å². The lowest BCUT2D eigenvalue weighted by atomic mass is 10.4. The number of nitrogens with one attached hydrogen (secondary N) is 1. The SMILES string of the molecule is Nc1nc2c(c(=O)[nH]1)N=C/[N+]2=C/C=CCO. The molecule has 0 bridgehead atoms. The summed E-state index contributed by atoms with van der Waals surface area (Å²) in [5.74, 6) is 0.419. The average molecular weight is 220 g/mol. The quantitative estimate of drug-likeness (QED) is 0.572. The number of aliphatic hydroxyl groups is 1. The maximum Gasteiger partial charge on any atom is 0.319 e. The van der Waals surface area contributed by atoms with Crippen molar-refractivity contribution in [2.45, 2.75) is 0 Å². The molecule has 4 N–H and O–H groups in total. The fourth-order valence-corrected chi connectivity index (χ4v) is 1.27. The maximum absolute atomic E-state index is 11.4. The molecule has 0 saturated carbocycles. The van der Waals surface area contributed by atoms with E-state index in [1.807, 2.05) is 0 Å². The van der Waals surface area contributed by atoms with Gasteiger partial charge in [-0.1, -0.05) is 16.1 Å². The second-order valence-electron chi connectivity index (χ2n) is 3.04. The summed E-state index contributed by atoms with van der Waals surface area (Å²) in [6.45, 7) is -0.0563. The Bertz CT molecular complexity index is 556. The van der Waals surface area contributed by atoms with Gasteiger partial charge in [0.15, 0.2) is 0 Å². The van der Waals surface area contributed by atoms with Gasteiger partial charge in [0, 0.05) is 0 Å². The Morgan fingerprint density at radius 3 is 3.19 bits per heavy atom. The third-order valence-electron chi connectivity index (χ3n) is 1.94. The lowest BCUT2D eigenvalue weighted by Gasteiger charge is -1.92. The molecule has 0 radical (unpaired) electrons. The van der Waals surface area contributed by atoms with Gasteiger partial charge >= 0.3 is 11.4 Å². The molecule has 0 amide bonds. The minimum atomic E-state index is -0.374. The molecule has 82 valence electrons.